The van der Waals surface area contributed by atoms with E-state index in [9.17, 15) is 52.7 Å². The Morgan fingerprint density at radius 1 is 0.300 bits per heavy atom. The van der Waals surface area contributed by atoms with Crippen molar-refractivity contribution in [2.45, 2.75) is 30.9 Å². The van der Waals surface area contributed by atoms with Crippen molar-refractivity contribution in [3.05, 3.63) is 186 Å². The Morgan fingerprint density at radius 3 is 1.03 bits per heavy atom. The quantitative estimate of drug-likeness (QED) is 0.158. The van der Waals surface area contributed by atoms with Gasteiger partial charge in [0.15, 0.2) is 0 Å². The predicted octanol–water partition coefficient (Wildman–Crippen LogP) is 17.4. The van der Waals surface area contributed by atoms with Crippen LogP contribution in [0.1, 0.15) is 27.8 Å². The average molecular weight is 978 g/mol. The van der Waals surface area contributed by atoms with E-state index in [1.54, 1.807) is 48.5 Å². The number of rotatable bonds is 5. The van der Waals surface area contributed by atoms with Crippen molar-refractivity contribution in [1.82, 2.24) is 14.1 Å². The van der Waals surface area contributed by atoms with Gasteiger partial charge in [-0.05, 0) is 108 Å². The first-order chi connectivity index (χ1) is 32.9. The van der Waals surface area contributed by atoms with E-state index in [0.29, 0.717) is 65.4 Å². The van der Waals surface area contributed by atoms with E-state index in [0.717, 1.165) is 51.1 Å². The Morgan fingerprint density at radius 2 is 0.657 bits per heavy atom. The molecule has 0 saturated carbocycles. The summed E-state index contributed by atoms with van der Waals surface area (Å²) in [5.74, 6) is 0. The lowest BCUT2D eigenvalue weighted by molar-refractivity contribution is -0.138. The van der Waals surface area contributed by atoms with Gasteiger partial charge in [-0.3, -0.25) is 0 Å². The molecule has 0 bridgehead atoms. The molecular formula is C52H26F15N3. The monoisotopic (exact) mass is 977 g/mol. The molecule has 354 valence electrons. The first-order valence-corrected chi connectivity index (χ1v) is 20.7. The van der Waals surface area contributed by atoms with Crippen molar-refractivity contribution in [2.24, 2.45) is 0 Å². The highest BCUT2D eigenvalue weighted by Gasteiger charge is 2.41. The van der Waals surface area contributed by atoms with E-state index in [-0.39, 0.29) is 11.3 Å². The number of benzene rings is 7. The number of nitrogens with zero attached hydrogens (tertiary/aromatic N) is 3. The van der Waals surface area contributed by atoms with Gasteiger partial charge in [0.2, 0.25) is 0 Å². The number of aromatic nitrogens is 3. The maximum absolute atomic E-state index is 16.4. The van der Waals surface area contributed by atoms with Crippen LogP contribution in [0.5, 0.6) is 0 Å². The van der Waals surface area contributed by atoms with Crippen molar-refractivity contribution in [1.29, 1.82) is 0 Å². The van der Waals surface area contributed by atoms with Crippen LogP contribution in [0.3, 0.4) is 0 Å². The van der Waals surface area contributed by atoms with Gasteiger partial charge < -0.3 is 9.13 Å². The fraction of sp³-hybridized carbons (Fsp3) is 0.0962. The highest BCUT2D eigenvalue weighted by molar-refractivity contribution is 6.12. The third-order valence-corrected chi connectivity index (χ3v) is 12.0. The zero-order chi connectivity index (χ0) is 49.9. The lowest BCUT2D eigenvalue weighted by Crippen LogP contribution is -2.16. The zero-order valence-corrected chi connectivity index (χ0v) is 35.0. The fourth-order valence-electron chi connectivity index (χ4n) is 9.00. The van der Waals surface area contributed by atoms with Crippen LogP contribution >= 0.6 is 0 Å². The van der Waals surface area contributed by atoms with Gasteiger partial charge >= 0.3 is 30.9 Å². The largest absolute Gasteiger partial charge is 0.420 e. The molecule has 0 aliphatic rings. The molecule has 0 fully saturated rings. The van der Waals surface area contributed by atoms with Crippen molar-refractivity contribution in [3.63, 3.8) is 0 Å². The summed E-state index contributed by atoms with van der Waals surface area (Å²) in [7, 11) is 0. The first kappa shape index (κ1) is 46.0. The minimum Gasteiger partial charge on any atom is -0.309 e. The van der Waals surface area contributed by atoms with E-state index in [4.69, 9.17) is 4.98 Å². The number of pyridine rings is 1. The summed E-state index contributed by atoms with van der Waals surface area (Å²) in [6.07, 6.45) is -25.7. The fourth-order valence-corrected chi connectivity index (χ4v) is 9.00. The van der Waals surface area contributed by atoms with Gasteiger partial charge in [-0.15, -0.1) is 0 Å². The molecule has 0 radical (unpaired) electrons. The topological polar surface area (TPSA) is 22.8 Å². The Hall–Kier alpha value is -7.76. The zero-order valence-electron chi connectivity index (χ0n) is 35.0. The molecule has 0 aliphatic heterocycles. The number of alkyl halides is 15. The smallest absolute Gasteiger partial charge is 0.309 e. The van der Waals surface area contributed by atoms with Crippen molar-refractivity contribution in [2.75, 3.05) is 0 Å². The summed E-state index contributed by atoms with van der Waals surface area (Å²) in [5, 5.41) is -2.09. The van der Waals surface area contributed by atoms with E-state index < -0.39 is 114 Å². The molecule has 18 heteroatoms. The van der Waals surface area contributed by atoms with Crippen LogP contribution in [0.15, 0.2) is 158 Å². The number of hydrogen-bond acceptors (Lipinski definition) is 1. The third-order valence-electron chi connectivity index (χ3n) is 12.0. The second-order valence-corrected chi connectivity index (χ2v) is 16.3. The van der Waals surface area contributed by atoms with E-state index >= 15 is 13.2 Å². The molecule has 0 aliphatic carbocycles. The minimum atomic E-state index is -5.52. The van der Waals surface area contributed by atoms with Crippen molar-refractivity contribution < 1.29 is 65.9 Å². The Kier molecular flexibility index (Phi) is 10.4. The maximum atomic E-state index is 16.4. The van der Waals surface area contributed by atoms with Crippen molar-refractivity contribution in [3.8, 4) is 45.0 Å². The molecule has 0 spiro atoms. The molecule has 0 unspecified atom stereocenters. The Bertz CT molecular complexity index is 3390. The first-order valence-electron chi connectivity index (χ1n) is 20.7. The van der Waals surface area contributed by atoms with Crippen LogP contribution in [0.2, 0.25) is 0 Å². The molecule has 0 saturated heterocycles. The van der Waals surface area contributed by atoms with Crippen LogP contribution in [0, 0.1) is 0 Å². The van der Waals surface area contributed by atoms with Crippen LogP contribution in [0.4, 0.5) is 65.9 Å². The molecule has 7 aromatic carbocycles. The summed E-state index contributed by atoms with van der Waals surface area (Å²) in [6.45, 7) is 0. The van der Waals surface area contributed by atoms with Gasteiger partial charge in [-0.1, -0.05) is 60.7 Å². The highest BCUT2D eigenvalue weighted by Crippen LogP contribution is 2.49. The number of fused-ring (bicyclic) bond motifs is 6. The molecule has 10 aromatic rings. The standard InChI is InChI=1S/C52H26F15N3/c53-48(54,55)29-13-17-41-35(23-29)36-24-30(49(56,57)58)14-18-42(36)69(41)45-21-28(39-11-6-12-40(68-39)34-10-5-4-9-33(34)27-7-2-1-3-8-27)22-46(47(45)52(65,66)67)70-43-19-15-31(50(59,60)61)25-37(43)38-26-32(51(62,63)64)16-20-44(38)70/h1-26H. The van der Waals surface area contributed by atoms with Crippen LogP contribution in [-0.4, -0.2) is 14.1 Å². The van der Waals surface area contributed by atoms with Gasteiger partial charge in [0.25, 0.3) is 0 Å². The third kappa shape index (κ3) is 7.93. The summed E-state index contributed by atoms with van der Waals surface area (Å²) in [6, 6.07) is 30.0. The van der Waals surface area contributed by atoms with Gasteiger partial charge in [-0.2, -0.15) is 65.9 Å². The molecule has 0 atom stereocenters. The molecule has 3 heterocycles. The number of hydrogen-bond donors (Lipinski definition) is 0. The normalized spacial score (nSPS) is 13.1. The van der Waals surface area contributed by atoms with Gasteiger partial charge in [-0.25, -0.2) is 4.98 Å². The highest BCUT2D eigenvalue weighted by atomic mass is 19.4. The maximum Gasteiger partial charge on any atom is 0.420 e. The molecule has 70 heavy (non-hydrogen) atoms. The summed E-state index contributed by atoms with van der Waals surface area (Å²) < 4.78 is 221. The lowest BCUT2D eigenvalue weighted by atomic mass is 9.96. The van der Waals surface area contributed by atoms with Crippen LogP contribution in [0.25, 0.3) is 88.6 Å². The Labute approximate surface area is 384 Å². The second kappa shape index (κ2) is 15.9. The van der Waals surface area contributed by atoms with Gasteiger partial charge in [0.05, 0.1) is 67.1 Å². The van der Waals surface area contributed by atoms with E-state index in [1.165, 1.54) is 12.1 Å². The van der Waals surface area contributed by atoms with Crippen LogP contribution in [-0.2, 0) is 30.9 Å². The minimum absolute atomic E-state index is 0.0319. The summed E-state index contributed by atoms with van der Waals surface area (Å²) in [5.41, 5.74) is -8.23. The molecule has 10 rings (SSSR count). The lowest BCUT2D eigenvalue weighted by Gasteiger charge is -2.23. The Balaban J connectivity index is 1.36. The molecule has 3 aromatic heterocycles. The van der Waals surface area contributed by atoms with E-state index in [1.807, 2.05) is 12.1 Å². The molecular weight excluding hydrogens is 952 g/mol. The summed E-state index contributed by atoms with van der Waals surface area (Å²) in [4.78, 5) is 4.84. The SMILES string of the molecule is FC(F)(F)c1ccc2c(c1)c1cc(C(F)(F)F)ccc1n2-c1cc(-c2cccc(-c3ccccc3-c3ccccc3)n2)cc(-n2c3ccc(C(F)(F)F)cc3c3cc(C(F)(F)F)ccc32)c1C(F)(F)F. The average Bonchev–Trinajstić information content (AvgIpc) is 3.81. The van der Waals surface area contributed by atoms with Gasteiger partial charge in [0.1, 0.15) is 5.56 Å². The van der Waals surface area contributed by atoms with Crippen molar-refractivity contribution >= 4 is 43.6 Å². The van der Waals surface area contributed by atoms with Gasteiger partial charge in [0, 0.05) is 32.7 Å². The van der Waals surface area contributed by atoms with Crippen LogP contribution < -0.4 is 0 Å². The molecule has 0 amide bonds. The predicted molar refractivity (Wildman–Crippen MR) is 234 cm³/mol. The number of halogens is 15. The second-order valence-electron chi connectivity index (χ2n) is 16.3. The van der Waals surface area contributed by atoms with E-state index in [2.05, 4.69) is 0 Å². The summed E-state index contributed by atoms with van der Waals surface area (Å²) >= 11 is 0. The molecule has 3 nitrogen and oxygen atoms in total. The molecule has 0 N–H and O–H groups in total.